The van der Waals surface area contributed by atoms with Crippen LogP contribution in [0, 0.1) is 0 Å². The van der Waals surface area contributed by atoms with Crippen molar-refractivity contribution >= 4 is 61.4 Å². The van der Waals surface area contributed by atoms with Crippen LogP contribution in [-0.4, -0.2) is 22.7 Å². The molecule has 1 aliphatic rings. The summed E-state index contributed by atoms with van der Waals surface area (Å²) < 4.78 is 15.9. The molecule has 0 aliphatic carbocycles. The highest BCUT2D eigenvalue weighted by molar-refractivity contribution is 6.65. The number of hydrogen-bond acceptors (Lipinski definition) is 2. The first-order valence-corrected chi connectivity index (χ1v) is 16.3. The van der Waals surface area contributed by atoms with Crippen LogP contribution in [0.1, 0.15) is 107 Å². The number of hydrogen-bond donors (Lipinski definition) is 0. The van der Waals surface area contributed by atoms with Gasteiger partial charge >= 0.3 is 7.12 Å². The summed E-state index contributed by atoms with van der Waals surface area (Å²) in [6.07, 6.45) is 0. The molecule has 3 nitrogen and oxygen atoms in total. The molecule has 0 amide bonds. The second kappa shape index (κ2) is 8.80. The van der Waals surface area contributed by atoms with E-state index in [1.165, 1.54) is 65.6 Å². The van der Waals surface area contributed by atoms with Crippen molar-refractivity contribution in [2.45, 2.75) is 117 Å². The second-order valence-corrected chi connectivity index (χ2v) is 17.4. The summed E-state index contributed by atoms with van der Waals surface area (Å²) in [7, 11) is -0.430. The molecule has 0 spiro atoms. The van der Waals surface area contributed by atoms with Crippen molar-refractivity contribution in [3.8, 4) is 0 Å². The first kappa shape index (κ1) is 29.6. The summed E-state index contributed by atoms with van der Waals surface area (Å²) in [6.45, 7) is 29.3. The van der Waals surface area contributed by atoms with Crippen LogP contribution in [0.5, 0.6) is 0 Å². The number of benzene rings is 4. The summed E-state index contributed by atoms with van der Waals surface area (Å²) in [4.78, 5) is 0. The second-order valence-electron chi connectivity index (χ2n) is 17.4. The van der Waals surface area contributed by atoms with E-state index < -0.39 is 18.3 Å². The summed E-state index contributed by atoms with van der Waals surface area (Å²) >= 11 is 0. The molecule has 0 N–H and O–H groups in total. The molecule has 44 heavy (non-hydrogen) atoms. The van der Waals surface area contributed by atoms with E-state index in [9.17, 15) is 0 Å². The highest BCUT2D eigenvalue weighted by Crippen LogP contribution is 2.45. The van der Waals surface area contributed by atoms with Crippen molar-refractivity contribution in [2.24, 2.45) is 0 Å². The van der Waals surface area contributed by atoms with Crippen LogP contribution in [0.25, 0.3) is 48.9 Å². The number of nitrogens with zero attached hydrogens (tertiary/aromatic N) is 1. The Morgan fingerprint density at radius 2 is 1.02 bits per heavy atom. The van der Waals surface area contributed by atoms with E-state index in [-0.39, 0.29) is 16.2 Å². The van der Waals surface area contributed by atoms with E-state index in [2.05, 4.69) is 149 Å². The van der Waals surface area contributed by atoms with Crippen molar-refractivity contribution in [1.82, 2.24) is 4.40 Å². The zero-order valence-corrected chi connectivity index (χ0v) is 29.0. The Morgan fingerprint density at radius 1 is 0.523 bits per heavy atom. The van der Waals surface area contributed by atoms with Gasteiger partial charge < -0.3 is 13.7 Å². The molecule has 6 aromatic rings. The van der Waals surface area contributed by atoms with Crippen LogP contribution in [0.4, 0.5) is 0 Å². The van der Waals surface area contributed by atoms with Crippen LogP contribution in [0.15, 0.2) is 54.6 Å². The van der Waals surface area contributed by atoms with Crippen LogP contribution in [0.2, 0.25) is 0 Å². The van der Waals surface area contributed by atoms with Crippen molar-refractivity contribution in [3.05, 3.63) is 71.3 Å². The molecule has 7 rings (SSSR count). The summed E-state index contributed by atoms with van der Waals surface area (Å²) in [5.41, 5.74) is 8.24. The quantitative estimate of drug-likeness (QED) is 0.179. The first-order chi connectivity index (χ1) is 20.2. The molecule has 2 aromatic heterocycles. The molecule has 4 aromatic carbocycles. The van der Waals surface area contributed by atoms with Gasteiger partial charge in [-0.1, -0.05) is 80.5 Å². The molecule has 3 heterocycles. The van der Waals surface area contributed by atoms with Crippen LogP contribution < -0.4 is 5.46 Å². The highest BCUT2D eigenvalue weighted by Gasteiger charge is 2.52. The maximum atomic E-state index is 6.68. The predicted molar refractivity (Wildman–Crippen MR) is 190 cm³/mol. The van der Waals surface area contributed by atoms with Gasteiger partial charge in [0.2, 0.25) is 0 Å². The van der Waals surface area contributed by atoms with Gasteiger partial charge in [0.1, 0.15) is 0 Å². The largest absolute Gasteiger partial charge is 0.495 e. The minimum atomic E-state index is -0.430. The third kappa shape index (κ3) is 4.17. The molecule has 1 aliphatic heterocycles. The average Bonchev–Trinajstić information content (AvgIpc) is 3.48. The molecular weight excluding hydrogens is 537 g/mol. The van der Waals surface area contributed by atoms with Gasteiger partial charge in [-0.25, -0.2) is 0 Å². The maximum Gasteiger partial charge on any atom is 0.495 e. The minimum Gasteiger partial charge on any atom is -0.399 e. The number of fused-ring (bicyclic) bond motifs is 8. The SMILES string of the molecule is CC(C)(C)c1cc(B2OC(C)(C)C(C)(C)O2)c2ccc3c(c2c1)c1cc(C(C)(C)C)cc2c4cc(C(C)(C)C)ccc4n3c21. The fourth-order valence-electron chi connectivity index (χ4n) is 7.01. The minimum absolute atomic E-state index is 0.0124. The van der Waals surface area contributed by atoms with Crippen molar-refractivity contribution in [3.63, 3.8) is 0 Å². The van der Waals surface area contributed by atoms with Gasteiger partial charge in [-0.2, -0.15) is 0 Å². The first-order valence-electron chi connectivity index (χ1n) is 16.3. The fraction of sp³-hybridized carbons (Fsp3) is 0.450. The van der Waals surface area contributed by atoms with Gasteiger partial charge in [0, 0.05) is 21.5 Å². The Balaban J connectivity index is 1.65. The lowest BCUT2D eigenvalue weighted by Gasteiger charge is -2.32. The smallest absolute Gasteiger partial charge is 0.399 e. The van der Waals surface area contributed by atoms with Crippen molar-refractivity contribution < 1.29 is 9.31 Å². The third-order valence-corrected chi connectivity index (χ3v) is 10.6. The zero-order chi connectivity index (χ0) is 31.9. The van der Waals surface area contributed by atoms with Gasteiger partial charge in [0.05, 0.1) is 27.8 Å². The summed E-state index contributed by atoms with van der Waals surface area (Å²) in [5, 5.41) is 7.81. The molecule has 1 fully saturated rings. The molecule has 4 heteroatoms. The summed E-state index contributed by atoms with van der Waals surface area (Å²) in [6, 6.07) is 21.4. The van der Waals surface area contributed by atoms with Crippen molar-refractivity contribution in [1.29, 1.82) is 0 Å². The monoisotopic (exact) mass is 585 g/mol. The Bertz CT molecular complexity index is 2110. The third-order valence-electron chi connectivity index (χ3n) is 10.6. The molecule has 0 atom stereocenters. The number of rotatable bonds is 1. The van der Waals surface area contributed by atoms with Crippen LogP contribution in [0.3, 0.4) is 0 Å². The van der Waals surface area contributed by atoms with Crippen LogP contribution >= 0.6 is 0 Å². The van der Waals surface area contributed by atoms with E-state index in [0.29, 0.717) is 0 Å². The van der Waals surface area contributed by atoms with E-state index in [4.69, 9.17) is 9.31 Å². The average molecular weight is 586 g/mol. The predicted octanol–water partition coefficient (Wildman–Crippen LogP) is 10.2. The molecule has 0 saturated carbocycles. The van der Waals surface area contributed by atoms with E-state index in [0.717, 1.165) is 5.46 Å². The molecule has 228 valence electrons. The van der Waals surface area contributed by atoms with Gasteiger partial charge in [0.15, 0.2) is 0 Å². The molecule has 0 bridgehead atoms. The zero-order valence-electron chi connectivity index (χ0n) is 29.0. The normalized spacial score (nSPS) is 17.8. The standard InChI is InChI=1S/C40H48BNO2/c1-36(2,3)23-14-16-32-27(18-23)29-20-24(37(4,5)6)21-30-34-28-19-25(38(7,8)9)22-31(41-43-39(10,11)40(12,13)44-41)26(28)15-17-33(34)42(32)35(29)30/h14-22H,1-13H3. The highest BCUT2D eigenvalue weighted by atomic mass is 16.7. The van der Waals surface area contributed by atoms with Gasteiger partial charge in [-0.15, -0.1) is 0 Å². The lowest BCUT2D eigenvalue weighted by Crippen LogP contribution is -2.41. The Labute approximate surface area is 263 Å². The van der Waals surface area contributed by atoms with Gasteiger partial charge in [0.25, 0.3) is 0 Å². The van der Waals surface area contributed by atoms with E-state index >= 15 is 0 Å². The van der Waals surface area contributed by atoms with Gasteiger partial charge in [-0.3, -0.25) is 0 Å². The van der Waals surface area contributed by atoms with E-state index in [1.807, 2.05) is 0 Å². The van der Waals surface area contributed by atoms with Gasteiger partial charge in [-0.05, 0) is 113 Å². The number of aromatic nitrogens is 1. The maximum absolute atomic E-state index is 6.68. The lowest BCUT2D eigenvalue weighted by molar-refractivity contribution is 0.00578. The van der Waals surface area contributed by atoms with Crippen molar-refractivity contribution in [2.75, 3.05) is 0 Å². The molecular formula is C40H48BNO2. The van der Waals surface area contributed by atoms with E-state index in [1.54, 1.807) is 0 Å². The summed E-state index contributed by atoms with van der Waals surface area (Å²) in [5.74, 6) is 0. The molecule has 0 unspecified atom stereocenters. The fourth-order valence-corrected chi connectivity index (χ4v) is 7.01. The Kier molecular flexibility index (Phi) is 5.92. The van der Waals surface area contributed by atoms with Crippen LogP contribution in [-0.2, 0) is 25.6 Å². The Morgan fingerprint density at radius 3 is 1.61 bits per heavy atom. The molecule has 1 saturated heterocycles. The molecule has 0 radical (unpaired) electrons. The lowest BCUT2D eigenvalue weighted by atomic mass is 9.72. The Hall–Kier alpha value is -3.08. The topological polar surface area (TPSA) is 22.9 Å².